The van der Waals surface area contributed by atoms with Gasteiger partial charge in [0.2, 0.25) is 5.78 Å². The van der Waals surface area contributed by atoms with Crippen LogP contribution in [0, 0.1) is 5.82 Å². The van der Waals surface area contributed by atoms with Gasteiger partial charge in [0.15, 0.2) is 5.76 Å². The summed E-state index contributed by atoms with van der Waals surface area (Å²) in [5.41, 5.74) is 0.644. The molecular formula is C26H31FN2O3. The Labute approximate surface area is 189 Å². The lowest BCUT2D eigenvalue weighted by Crippen LogP contribution is -2.42. The smallest absolute Gasteiger partial charge is 0.233 e. The van der Waals surface area contributed by atoms with Crippen molar-refractivity contribution in [2.45, 2.75) is 38.1 Å². The molecule has 0 radical (unpaired) electrons. The van der Waals surface area contributed by atoms with E-state index >= 15 is 0 Å². The molecule has 0 aliphatic carbocycles. The molecule has 0 atom stereocenters. The summed E-state index contributed by atoms with van der Waals surface area (Å²) in [5, 5.41) is 0. The van der Waals surface area contributed by atoms with Crippen molar-refractivity contribution in [1.82, 2.24) is 9.80 Å². The van der Waals surface area contributed by atoms with Crippen LogP contribution in [0.3, 0.4) is 0 Å². The van der Waals surface area contributed by atoms with Crippen LogP contribution in [-0.4, -0.2) is 54.9 Å². The number of rotatable bonds is 9. The van der Waals surface area contributed by atoms with Crippen molar-refractivity contribution < 1.29 is 18.7 Å². The van der Waals surface area contributed by atoms with E-state index < -0.39 is 0 Å². The molecule has 0 aromatic heterocycles. The lowest BCUT2D eigenvalue weighted by atomic mass is 10.0. The molecule has 0 amide bonds. The predicted octanol–water partition coefficient (Wildman–Crippen LogP) is 4.89. The van der Waals surface area contributed by atoms with Gasteiger partial charge in [-0.2, -0.15) is 0 Å². The van der Waals surface area contributed by atoms with Crippen LogP contribution < -0.4 is 9.47 Å². The molecule has 6 heteroatoms. The topological polar surface area (TPSA) is 42.0 Å². The van der Waals surface area contributed by atoms with E-state index in [1.165, 1.54) is 12.1 Å². The number of piperidine rings is 1. The first-order valence-corrected chi connectivity index (χ1v) is 11.5. The second kappa shape index (κ2) is 10.6. The fourth-order valence-electron chi connectivity index (χ4n) is 4.30. The van der Waals surface area contributed by atoms with Crippen LogP contribution >= 0.6 is 0 Å². The van der Waals surface area contributed by atoms with Gasteiger partial charge in [0.05, 0.1) is 12.2 Å². The van der Waals surface area contributed by atoms with Crippen LogP contribution in [0.5, 0.6) is 11.5 Å². The molecule has 1 fully saturated rings. The monoisotopic (exact) mass is 438 g/mol. The third-order valence-corrected chi connectivity index (χ3v) is 6.23. The molecule has 0 unspecified atom stereocenters. The van der Waals surface area contributed by atoms with Crippen LogP contribution in [0.1, 0.15) is 42.5 Å². The number of unbranched alkanes of at least 4 members (excludes halogenated alkanes) is 2. The molecule has 2 aliphatic rings. The van der Waals surface area contributed by atoms with Crippen molar-refractivity contribution >= 4 is 5.78 Å². The predicted molar refractivity (Wildman–Crippen MR) is 122 cm³/mol. The summed E-state index contributed by atoms with van der Waals surface area (Å²) in [7, 11) is 2.04. The molecule has 170 valence electrons. The van der Waals surface area contributed by atoms with Gasteiger partial charge >= 0.3 is 0 Å². The van der Waals surface area contributed by atoms with Gasteiger partial charge in [0.25, 0.3) is 0 Å². The average molecular weight is 439 g/mol. The van der Waals surface area contributed by atoms with E-state index in [0.717, 1.165) is 57.5 Å². The van der Waals surface area contributed by atoms with Crippen molar-refractivity contribution in [2.75, 3.05) is 33.3 Å². The van der Waals surface area contributed by atoms with Crippen molar-refractivity contribution in [3.05, 3.63) is 71.9 Å². The maximum absolute atomic E-state index is 12.9. The first-order valence-electron chi connectivity index (χ1n) is 11.5. The number of fused-ring (bicyclic) bond motifs is 1. The van der Waals surface area contributed by atoms with Gasteiger partial charge in [-0.15, -0.1) is 0 Å². The minimum atomic E-state index is -0.241. The second-order valence-corrected chi connectivity index (χ2v) is 8.52. The summed E-state index contributed by atoms with van der Waals surface area (Å²) in [6.07, 6.45) is 7.29. The van der Waals surface area contributed by atoms with E-state index in [1.807, 2.05) is 37.5 Å². The number of carbonyl (C=O) groups is 1. The minimum Gasteiger partial charge on any atom is -0.494 e. The first kappa shape index (κ1) is 22.3. The van der Waals surface area contributed by atoms with Crippen molar-refractivity contribution in [2.24, 2.45) is 0 Å². The van der Waals surface area contributed by atoms with Crippen molar-refractivity contribution in [3.8, 4) is 11.5 Å². The number of halogens is 1. The number of hydrogen-bond donors (Lipinski definition) is 0. The van der Waals surface area contributed by atoms with E-state index in [4.69, 9.17) is 9.47 Å². The Balaban J connectivity index is 1.12. The zero-order chi connectivity index (χ0) is 22.3. The summed E-state index contributed by atoms with van der Waals surface area (Å²) < 4.78 is 24.3. The number of ketones is 1. The number of hydrogen-bond acceptors (Lipinski definition) is 5. The fraction of sp³-hybridized carbons (Fsp3) is 0.423. The third kappa shape index (κ3) is 5.68. The molecule has 5 nitrogen and oxygen atoms in total. The van der Waals surface area contributed by atoms with Crippen LogP contribution in [0.25, 0.3) is 0 Å². The Hall–Kier alpha value is -2.86. The SMILES string of the molecule is CN(/C=C1/Oc2ccccc2C1=O)C1CCN(CCCCCOc2ccc(F)cc2)CC1. The number of carbonyl (C=O) groups excluding carboxylic acids is 1. The molecular weight excluding hydrogens is 407 g/mol. The highest BCUT2D eigenvalue weighted by atomic mass is 19.1. The molecule has 32 heavy (non-hydrogen) atoms. The highest BCUT2D eigenvalue weighted by Crippen LogP contribution is 2.31. The zero-order valence-corrected chi connectivity index (χ0v) is 18.6. The molecule has 2 heterocycles. The number of benzene rings is 2. The zero-order valence-electron chi connectivity index (χ0n) is 18.6. The number of ether oxygens (including phenoxy) is 2. The third-order valence-electron chi connectivity index (χ3n) is 6.23. The lowest BCUT2D eigenvalue weighted by Gasteiger charge is -2.36. The van der Waals surface area contributed by atoms with Gasteiger partial charge in [-0.25, -0.2) is 4.39 Å². The number of likely N-dealkylation sites (tertiary alicyclic amines) is 1. The normalized spacial score (nSPS) is 17.9. The summed E-state index contributed by atoms with van der Waals surface area (Å²) in [6, 6.07) is 14.0. The van der Waals surface area contributed by atoms with Crippen molar-refractivity contribution in [3.63, 3.8) is 0 Å². The summed E-state index contributed by atoms with van der Waals surface area (Å²) in [4.78, 5) is 17.2. The number of nitrogens with zero attached hydrogens (tertiary/aromatic N) is 2. The Morgan fingerprint density at radius 1 is 1.09 bits per heavy atom. The van der Waals surface area contributed by atoms with Gasteiger partial charge in [0.1, 0.15) is 17.3 Å². The number of para-hydroxylation sites is 1. The van der Waals surface area contributed by atoms with E-state index in [9.17, 15) is 9.18 Å². The van der Waals surface area contributed by atoms with Crippen LogP contribution in [0.2, 0.25) is 0 Å². The summed E-state index contributed by atoms with van der Waals surface area (Å²) in [5.74, 6) is 1.51. The van der Waals surface area contributed by atoms with Crippen molar-refractivity contribution in [1.29, 1.82) is 0 Å². The quantitative estimate of drug-likeness (QED) is 0.412. The molecule has 0 N–H and O–H groups in total. The van der Waals surface area contributed by atoms with Gasteiger partial charge in [-0.1, -0.05) is 12.1 Å². The van der Waals surface area contributed by atoms with E-state index in [1.54, 1.807) is 12.1 Å². The molecule has 1 saturated heterocycles. The molecule has 0 saturated carbocycles. The van der Waals surface area contributed by atoms with Gasteiger partial charge in [-0.05, 0) is 75.0 Å². The Morgan fingerprint density at radius 3 is 2.59 bits per heavy atom. The first-order chi connectivity index (χ1) is 15.6. The average Bonchev–Trinajstić information content (AvgIpc) is 3.13. The fourth-order valence-corrected chi connectivity index (χ4v) is 4.30. The Kier molecular flexibility index (Phi) is 7.43. The Bertz CT molecular complexity index is 936. The number of allylic oxidation sites excluding steroid dienone is 1. The van der Waals surface area contributed by atoms with Crippen LogP contribution in [0.4, 0.5) is 4.39 Å². The molecule has 4 rings (SSSR count). The molecule has 2 aliphatic heterocycles. The second-order valence-electron chi connectivity index (χ2n) is 8.52. The van der Waals surface area contributed by atoms with Gasteiger partial charge in [0, 0.05) is 32.4 Å². The highest BCUT2D eigenvalue weighted by Gasteiger charge is 2.28. The summed E-state index contributed by atoms with van der Waals surface area (Å²) >= 11 is 0. The standard InChI is InChI=1S/C26H31FN2O3/c1-28(19-25-26(30)23-7-3-4-8-24(23)32-25)21-13-16-29(17-14-21)15-5-2-6-18-31-22-11-9-20(27)10-12-22/h3-4,7-12,19,21H,2,5-6,13-18H2,1H3/b25-19+. The largest absolute Gasteiger partial charge is 0.494 e. The lowest BCUT2D eigenvalue weighted by molar-refractivity contribution is 0.100. The molecule has 2 aromatic rings. The van der Waals surface area contributed by atoms with E-state index in [2.05, 4.69) is 9.80 Å². The van der Waals surface area contributed by atoms with Crippen LogP contribution in [-0.2, 0) is 0 Å². The highest BCUT2D eigenvalue weighted by molar-refractivity contribution is 6.12. The Morgan fingerprint density at radius 2 is 1.84 bits per heavy atom. The molecule has 0 bridgehead atoms. The maximum atomic E-state index is 12.9. The summed E-state index contributed by atoms with van der Waals surface area (Å²) in [6.45, 7) is 3.90. The van der Waals surface area contributed by atoms with Gasteiger partial charge < -0.3 is 19.3 Å². The molecule has 2 aromatic carbocycles. The minimum absolute atomic E-state index is 0.0340. The van der Waals surface area contributed by atoms with E-state index in [0.29, 0.717) is 29.7 Å². The maximum Gasteiger partial charge on any atom is 0.233 e. The van der Waals surface area contributed by atoms with Gasteiger partial charge in [-0.3, -0.25) is 4.79 Å². The number of Topliss-reactive ketones (excluding diaryl/α,β-unsaturated/α-hetero) is 1. The molecule has 0 spiro atoms. The van der Waals surface area contributed by atoms with Crippen LogP contribution in [0.15, 0.2) is 60.5 Å². The van der Waals surface area contributed by atoms with E-state index in [-0.39, 0.29) is 11.6 Å².